The second-order valence-corrected chi connectivity index (χ2v) is 8.25. The minimum absolute atomic E-state index is 0.0580. The zero-order valence-corrected chi connectivity index (χ0v) is 18.5. The van der Waals surface area contributed by atoms with E-state index in [1.807, 2.05) is 0 Å². The summed E-state index contributed by atoms with van der Waals surface area (Å²) in [5.74, 6) is -1.15. The Morgan fingerprint density at radius 1 is 1.37 bits per heavy atom. The molecule has 1 amide bonds. The van der Waals surface area contributed by atoms with Crippen LogP contribution < -0.4 is 20.5 Å². The van der Waals surface area contributed by atoms with Crippen LogP contribution in [0.15, 0.2) is 12.1 Å². The van der Waals surface area contributed by atoms with E-state index in [4.69, 9.17) is 26.8 Å². The summed E-state index contributed by atoms with van der Waals surface area (Å²) in [5, 5.41) is 3.96. The van der Waals surface area contributed by atoms with E-state index < -0.39 is 11.7 Å². The van der Waals surface area contributed by atoms with E-state index in [-0.39, 0.29) is 34.4 Å². The van der Waals surface area contributed by atoms with Crippen molar-refractivity contribution in [2.24, 2.45) is 5.73 Å². The van der Waals surface area contributed by atoms with E-state index in [2.05, 4.69) is 14.6 Å². The number of carbonyl (C=O) groups is 1. The summed E-state index contributed by atoms with van der Waals surface area (Å²) in [7, 11) is 1.37. The van der Waals surface area contributed by atoms with Crippen molar-refractivity contribution in [2.45, 2.75) is 32.3 Å². The quantitative estimate of drug-likeness (QED) is 0.498. The Hall–Kier alpha value is -2.10. The van der Waals surface area contributed by atoms with E-state index in [0.29, 0.717) is 11.5 Å². The van der Waals surface area contributed by atoms with Crippen molar-refractivity contribution in [1.82, 2.24) is 9.27 Å². The molecule has 3 N–H and O–H groups in total. The van der Waals surface area contributed by atoms with Gasteiger partial charge in [-0.15, -0.1) is 0 Å². The van der Waals surface area contributed by atoms with Crippen LogP contribution in [0, 0.1) is 5.82 Å². The maximum Gasteiger partial charge on any atom is 0.257 e. The van der Waals surface area contributed by atoms with Gasteiger partial charge in [0.05, 0.1) is 12.1 Å². The number of nitrogens with zero attached hydrogens (tertiary/aromatic N) is 2. The minimum Gasteiger partial charge on any atom is -0.494 e. The lowest BCUT2D eigenvalue weighted by atomic mass is 10.2. The first-order valence-corrected chi connectivity index (χ1v) is 11.1. The molecular formula is C20H26ClFN4O3S. The number of methoxy groups -OCH3 is 1. The van der Waals surface area contributed by atoms with E-state index in [9.17, 15) is 9.18 Å². The molecule has 0 bridgehead atoms. The minimum atomic E-state index is -0.657. The molecule has 1 aromatic carbocycles. The molecule has 2 aromatic rings. The van der Waals surface area contributed by atoms with Crippen LogP contribution in [-0.2, 0) is 6.61 Å². The number of anilines is 1. The van der Waals surface area contributed by atoms with Crippen LogP contribution in [0.3, 0.4) is 0 Å². The molecule has 0 saturated carbocycles. The van der Waals surface area contributed by atoms with Crippen LogP contribution in [0.5, 0.6) is 11.6 Å². The fourth-order valence-corrected chi connectivity index (χ4v) is 4.35. The molecule has 1 saturated heterocycles. The highest BCUT2D eigenvalue weighted by Gasteiger charge is 2.22. The SMILES string of the molecule is COc1ccc(Cl)c(COc2nsc(NCCCCN3CCCC3)c2C(N)=O)c1F. The van der Waals surface area contributed by atoms with Gasteiger partial charge < -0.3 is 25.4 Å². The fourth-order valence-electron chi connectivity index (χ4n) is 3.39. The number of carbonyl (C=O) groups excluding carboxylic acids is 1. The molecule has 0 spiro atoms. The highest BCUT2D eigenvalue weighted by Crippen LogP contribution is 2.33. The lowest BCUT2D eigenvalue weighted by Crippen LogP contribution is -2.21. The lowest BCUT2D eigenvalue weighted by molar-refractivity contribution is 0.0996. The molecule has 164 valence electrons. The van der Waals surface area contributed by atoms with Crippen molar-refractivity contribution >= 4 is 34.0 Å². The number of halogens is 2. The highest BCUT2D eigenvalue weighted by atomic mass is 35.5. The number of nitrogens with one attached hydrogen (secondary N) is 1. The van der Waals surface area contributed by atoms with Crippen molar-refractivity contribution in [2.75, 3.05) is 38.6 Å². The number of amides is 1. The van der Waals surface area contributed by atoms with Gasteiger partial charge in [-0.05, 0) is 69.0 Å². The number of ether oxygens (including phenoxy) is 2. The van der Waals surface area contributed by atoms with Crippen LogP contribution in [0.2, 0.25) is 5.02 Å². The first kappa shape index (κ1) is 22.6. The third-order valence-electron chi connectivity index (χ3n) is 5.02. The first-order chi connectivity index (χ1) is 14.5. The number of aromatic nitrogens is 1. The summed E-state index contributed by atoms with van der Waals surface area (Å²) in [5.41, 5.74) is 5.82. The zero-order chi connectivity index (χ0) is 21.5. The number of rotatable bonds is 11. The van der Waals surface area contributed by atoms with Crippen LogP contribution in [-0.4, -0.2) is 48.5 Å². The van der Waals surface area contributed by atoms with Gasteiger partial charge in [0.25, 0.3) is 5.91 Å². The van der Waals surface area contributed by atoms with Gasteiger partial charge in [-0.1, -0.05) is 11.6 Å². The van der Waals surface area contributed by atoms with Gasteiger partial charge >= 0.3 is 0 Å². The largest absolute Gasteiger partial charge is 0.494 e. The van der Waals surface area contributed by atoms with Gasteiger partial charge in [0, 0.05) is 12.1 Å². The summed E-state index contributed by atoms with van der Waals surface area (Å²) < 4.78 is 29.2. The number of nitrogens with two attached hydrogens (primary N) is 1. The van der Waals surface area contributed by atoms with Gasteiger partial charge in [-0.3, -0.25) is 4.79 Å². The van der Waals surface area contributed by atoms with Crippen LogP contribution in [0.1, 0.15) is 41.6 Å². The van der Waals surface area contributed by atoms with Crippen molar-refractivity contribution in [1.29, 1.82) is 0 Å². The highest BCUT2D eigenvalue weighted by molar-refractivity contribution is 7.10. The van der Waals surface area contributed by atoms with Gasteiger partial charge in [0.15, 0.2) is 11.6 Å². The van der Waals surface area contributed by atoms with E-state index >= 15 is 0 Å². The number of primary amides is 1. The smallest absolute Gasteiger partial charge is 0.257 e. The Morgan fingerprint density at radius 2 is 2.13 bits per heavy atom. The van der Waals surface area contributed by atoms with Gasteiger partial charge in [-0.2, -0.15) is 4.37 Å². The molecule has 10 heteroatoms. The molecule has 0 radical (unpaired) electrons. The fraction of sp³-hybridized carbons (Fsp3) is 0.500. The molecule has 2 heterocycles. The Bertz CT molecular complexity index is 874. The second kappa shape index (κ2) is 10.8. The predicted molar refractivity (Wildman–Crippen MR) is 116 cm³/mol. The second-order valence-electron chi connectivity index (χ2n) is 7.07. The number of unbranched alkanes of at least 4 members (excludes halogenated alkanes) is 1. The monoisotopic (exact) mass is 456 g/mol. The van der Waals surface area contributed by atoms with E-state index in [1.54, 1.807) is 0 Å². The molecular weight excluding hydrogens is 431 g/mol. The number of benzene rings is 1. The van der Waals surface area contributed by atoms with Gasteiger partial charge in [0.1, 0.15) is 17.2 Å². The standard InChI is InChI=1S/C20H26ClFN4O3S/c1-28-15-7-6-14(21)13(17(15)22)12-29-19-16(18(23)27)20(30-25-19)24-8-2-3-9-26-10-4-5-11-26/h6-7,24H,2-5,8-12H2,1H3,(H2,23,27). The topological polar surface area (TPSA) is 89.7 Å². The Labute approximate surface area is 184 Å². The summed E-state index contributed by atoms with van der Waals surface area (Å²) in [6.45, 7) is 3.96. The maximum atomic E-state index is 14.4. The molecule has 30 heavy (non-hydrogen) atoms. The van der Waals surface area contributed by atoms with Crippen LogP contribution in [0.4, 0.5) is 9.39 Å². The van der Waals surface area contributed by atoms with Gasteiger partial charge in [0.2, 0.25) is 5.88 Å². The number of hydrogen-bond donors (Lipinski definition) is 2. The molecule has 7 nitrogen and oxygen atoms in total. The average molecular weight is 457 g/mol. The van der Waals surface area contributed by atoms with Crippen molar-refractivity contribution in [3.63, 3.8) is 0 Å². The first-order valence-electron chi connectivity index (χ1n) is 9.90. The Kier molecular flexibility index (Phi) is 8.12. The molecule has 1 aliphatic heterocycles. The molecule has 1 fully saturated rings. The molecule has 0 aliphatic carbocycles. The molecule has 3 rings (SSSR count). The normalized spacial score (nSPS) is 14.1. The van der Waals surface area contributed by atoms with Crippen molar-refractivity contribution in [3.8, 4) is 11.6 Å². The summed E-state index contributed by atoms with van der Waals surface area (Å²) in [4.78, 5) is 14.4. The van der Waals surface area contributed by atoms with E-state index in [1.165, 1.54) is 45.2 Å². The number of likely N-dealkylation sites (tertiary alicyclic amines) is 1. The molecule has 0 unspecified atom stereocenters. The molecule has 1 aliphatic rings. The third kappa shape index (κ3) is 5.53. The van der Waals surface area contributed by atoms with Crippen LogP contribution >= 0.6 is 23.1 Å². The van der Waals surface area contributed by atoms with Crippen LogP contribution in [0.25, 0.3) is 0 Å². The van der Waals surface area contributed by atoms with Crippen molar-refractivity contribution < 1.29 is 18.7 Å². The maximum absolute atomic E-state index is 14.4. The zero-order valence-electron chi connectivity index (χ0n) is 16.9. The lowest BCUT2D eigenvalue weighted by Gasteiger charge is -2.14. The summed E-state index contributed by atoms with van der Waals surface area (Å²) >= 11 is 7.17. The summed E-state index contributed by atoms with van der Waals surface area (Å²) in [6.07, 6.45) is 4.62. The van der Waals surface area contributed by atoms with Gasteiger partial charge in [-0.25, -0.2) is 4.39 Å². The Morgan fingerprint density at radius 3 is 2.83 bits per heavy atom. The molecule has 0 atom stereocenters. The third-order valence-corrected chi connectivity index (χ3v) is 6.16. The average Bonchev–Trinajstić information content (AvgIpc) is 3.37. The molecule has 1 aromatic heterocycles. The summed E-state index contributed by atoms with van der Waals surface area (Å²) in [6, 6.07) is 2.96. The predicted octanol–water partition coefficient (Wildman–Crippen LogP) is 3.91. The van der Waals surface area contributed by atoms with E-state index in [0.717, 1.165) is 30.9 Å². The Balaban J connectivity index is 1.58. The number of hydrogen-bond acceptors (Lipinski definition) is 7. The van der Waals surface area contributed by atoms with Crippen molar-refractivity contribution in [3.05, 3.63) is 34.1 Å².